The zero-order chi connectivity index (χ0) is 16.9. The first-order valence-corrected chi connectivity index (χ1v) is 8.85. The Morgan fingerprint density at radius 2 is 1.92 bits per heavy atom. The minimum atomic E-state index is -0.0563. The summed E-state index contributed by atoms with van der Waals surface area (Å²) in [5, 5.41) is 5.77. The number of anilines is 2. The van der Waals surface area contributed by atoms with Crippen LogP contribution in [0.25, 0.3) is 0 Å². The van der Waals surface area contributed by atoms with Gasteiger partial charge in [0.1, 0.15) is 0 Å². The zero-order valence-electron chi connectivity index (χ0n) is 14.3. The molecule has 3 rings (SSSR count). The largest absolute Gasteiger partial charge is 0.326 e. The van der Waals surface area contributed by atoms with Gasteiger partial charge >= 0.3 is 6.03 Å². The van der Waals surface area contributed by atoms with Crippen molar-refractivity contribution in [2.24, 2.45) is 0 Å². The lowest BCUT2D eigenvalue weighted by Crippen LogP contribution is -2.56. The van der Waals surface area contributed by atoms with Crippen molar-refractivity contribution in [3.63, 3.8) is 0 Å². The lowest BCUT2D eigenvalue weighted by atomic mass is 10.00. The Hall–Kier alpha value is -2.08. The lowest BCUT2D eigenvalue weighted by Gasteiger charge is -2.43. The van der Waals surface area contributed by atoms with E-state index in [1.54, 1.807) is 6.07 Å². The first-order valence-electron chi connectivity index (χ1n) is 8.85. The average Bonchev–Trinajstić information content (AvgIpc) is 2.61. The molecule has 1 aromatic carbocycles. The third kappa shape index (κ3) is 4.06. The highest BCUT2D eigenvalue weighted by atomic mass is 16.2. The van der Waals surface area contributed by atoms with Crippen molar-refractivity contribution < 1.29 is 9.59 Å². The van der Waals surface area contributed by atoms with E-state index in [1.807, 2.05) is 30.0 Å². The van der Waals surface area contributed by atoms with Crippen LogP contribution < -0.4 is 10.6 Å². The molecule has 0 aromatic heterocycles. The molecule has 0 unspecified atom stereocenters. The lowest BCUT2D eigenvalue weighted by molar-refractivity contribution is -0.115. The van der Waals surface area contributed by atoms with Gasteiger partial charge < -0.3 is 15.5 Å². The number of carbonyl (C=O) groups is 2. The first-order chi connectivity index (χ1) is 11.7. The van der Waals surface area contributed by atoms with Gasteiger partial charge in [0.15, 0.2) is 0 Å². The molecular formula is C18H26N4O2. The number of nitrogens with zero attached hydrogens (tertiary/aromatic N) is 2. The van der Waals surface area contributed by atoms with E-state index < -0.39 is 0 Å². The minimum absolute atomic E-state index is 0.0353. The number of benzene rings is 1. The highest BCUT2D eigenvalue weighted by molar-refractivity contribution is 5.93. The fourth-order valence-electron chi connectivity index (χ4n) is 3.47. The Balaban J connectivity index is 1.58. The van der Waals surface area contributed by atoms with Crippen LogP contribution in [-0.2, 0) is 4.79 Å². The van der Waals surface area contributed by atoms with Crippen LogP contribution in [0.4, 0.5) is 16.2 Å². The number of rotatable bonds is 3. The molecule has 1 aromatic rings. The van der Waals surface area contributed by atoms with Crippen LogP contribution >= 0.6 is 0 Å². The highest BCUT2D eigenvalue weighted by Crippen LogP contribution is 2.22. The number of nitrogens with one attached hydrogen (secondary N) is 2. The average molecular weight is 330 g/mol. The third-order valence-corrected chi connectivity index (χ3v) is 4.84. The van der Waals surface area contributed by atoms with Crippen molar-refractivity contribution in [1.82, 2.24) is 9.80 Å². The quantitative estimate of drug-likeness (QED) is 0.896. The fraction of sp³-hybridized carbons (Fsp3) is 0.556. The van der Waals surface area contributed by atoms with Crippen molar-refractivity contribution in [3.05, 3.63) is 24.3 Å². The maximum absolute atomic E-state index is 12.5. The number of carbonyl (C=O) groups excluding carboxylic acids is 2. The molecule has 24 heavy (non-hydrogen) atoms. The standard InChI is InChI=1S/C18H26N4O2/c1-2-17(23)19-14-6-5-7-15(12-14)20-18(24)22-11-10-21-9-4-3-8-16(21)13-22/h5-7,12,16H,2-4,8-11,13H2,1H3,(H,19,23)(H,20,24)/t16-/m0/s1. The Kier molecular flexibility index (Phi) is 5.35. The fourth-order valence-corrected chi connectivity index (χ4v) is 3.47. The van der Waals surface area contributed by atoms with E-state index in [4.69, 9.17) is 0 Å². The Morgan fingerprint density at radius 3 is 2.71 bits per heavy atom. The van der Waals surface area contributed by atoms with Crippen molar-refractivity contribution in [2.75, 3.05) is 36.8 Å². The zero-order valence-corrected chi connectivity index (χ0v) is 14.3. The van der Waals surface area contributed by atoms with Gasteiger partial charge in [0.2, 0.25) is 5.91 Å². The van der Waals surface area contributed by atoms with E-state index in [9.17, 15) is 9.59 Å². The molecule has 130 valence electrons. The van der Waals surface area contributed by atoms with E-state index in [0.29, 0.717) is 23.8 Å². The molecule has 2 fully saturated rings. The summed E-state index contributed by atoms with van der Waals surface area (Å²) < 4.78 is 0. The molecule has 0 spiro atoms. The van der Waals surface area contributed by atoms with E-state index in [0.717, 1.165) is 19.6 Å². The van der Waals surface area contributed by atoms with Crippen LogP contribution in [0.1, 0.15) is 32.6 Å². The van der Waals surface area contributed by atoms with Crippen molar-refractivity contribution in [2.45, 2.75) is 38.6 Å². The summed E-state index contributed by atoms with van der Waals surface area (Å²) in [7, 11) is 0. The molecule has 2 aliphatic rings. The summed E-state index contributed by atoms with van der Waals surface area (Å²) in [4.78, 5) is 28.4. The SMILES string of the molecule is CCC(=O)Nc1cccc(NC(=O)N2CCN3CCCC[C@H]3C2)c1. The monoisotopic (exact) mass is 330 g/mol. The van der Waals surface area contributed by atoms with Crippen LogP contribution in [0, 0.1) is 0 Å². The van der Waals surface area contributed by atoms with Gasteiger partial charge in [-0.2, -0.15) is 0 Å². The molecule has 0 bridgehead atoms. The highest BCUT2D eigenvalue weighted by Gasteiger charge is 2.30. The summed E-state index contributed by atoms with van der Waals surface area (Å²) in [5.41, 5.74) is 1.41. The maximum Gasteiger partial charge on any atom is 0.321 e. The molecule has 6 heteroatoms. The van der Waals surface area contributed by atoms with Gasteiger partial charge in [0.05, 0.1) is 0 Å². The maximum atomic E-state index is 12.5. The van der Waals surface area contributed by atoms with Crippen LogP contribution in [0.3, 0.4) is 0 Å². The molecule has 6 nitrogen and oxygen atoms in total. The second kappa shape index (κ2) is 7.66. The van der Waals surface area contributed by atoms with Crippen LogP contribution in [0.15, 0.2) is 24.3 Å². The van der Waals surface area contributed by atoms with Crippen LogP contribution in [0.2, 0.25) is 0 Å². The summed E-state index contributed by atoms with van der Waals surface area (Å²) in [6.45, 7) is 5.52. The molecule has 2 N–H and O–H groups in total. The van der Waals surface area contributed by atoms with Gasteiger partial charge in [-0.15, -0.1) is 0 Å². The number of piperidine rings is 1. The second-order valence-corrected chi connectivity index (χ2v) is 6.54. The molecule has 1 atom stereocenters. The molecule has 2 aliphatic heterocycles. The Morgan fingerprint density at radius 1 is 1.12 bits per heavy atom. The number of urea groups is 1. The Bertz CT molecular complexity index is 604. The number of amides is 3. The van der Waals surface area contributed by atoms with Gasteiger partial charge in [0, 0.05) is 43.5 Å². The molecular weight excluding hydrogens is 304 g/mol. The van der Waals surface area contributed by atoms with Crippen LogP contribution in [-0.4, -0.2) is 54.0 Å². The first kappa shape index (κ1) is 16.8. The van der Waals surface area contributed by atoms with Gasteiger partial charge in [0.25, 0.3) is 0 Å². The third-order valence-electron chi connectivity index (χ3n) is 4.84. The van der Waals surface area contributed by atoms with E-state index >= 15 is 0 Å². The number of fused-ring (bicyclic) bond motifs is 1. The van der Waals surface area contributed by atoms with E-state index in [2.05, 4.69) is 15.5 Å². The van der Waals surface area contributed by atoms with E-state index in [1.165, 1.54) is 25.8 Å². The normalized spacial score (nSPS) is 21.0. The predicted molar refractivity (Wildman–Crippen MR) is 95.2 cm³/mol. The number of hydrogen-bond acceptors (Lipinski definition) is 3. The summed E-state index contributed by atoms with van der Waals surface area (Å²) in [6, 6.07) is 7.75. The molecule has 0 saturated carbocycles. The predicted octanol–water partition coefficient (Wildman–Crippen LogP) is 2.74. The molecule has 0 radical (unpaired) electrons. The van der Waals surface area contributed by atoms with E-state index in [-0.39, 0.29) is 11.9 Å². The van der Waals surface area contributed by atoms with Crippen LogP contribution in [0.5, 0.6) is 0 Å². The van der Waals surface area contributed by atoms with Gasteiger partial charge in [-0.25, -0.2) is 4.79 Å². The molecule has 0 aliphatic carbocycles. The molecule has 3 amide bonds. The summed E-state index contributed by atoms with van der Waals surface area (Å²) in [5.74, 6) is -0.0353. The molecule has 2 saturated heterocycles. The topological polar surface area (TPSA) is 64.7 Å². The Labute approximate surface area is 143 Å². The van der Waals surface area contributed by atoms with Crippen molar-refractivity contribution in [1.29, 1.82) is 0 Å². The smallest absolute Gasteiger partial charge is 0.321 e. The number of hydrogen-bond donors (Lipinski definition) is 2. The minimum Gasteiger partial charge on any atom is -0.326 e. The van der Waals surface area contributed by atoms with Gasteiger partial charge in [-0.05, 0) is 37.6 Å². The van der Waals surface area contributed by atoms with Gasteiger partial charge in [-0.1, -0.05) is 19.4 Å². The van der Waals surface area contributed by atoms with Crippen molar-refractivity contribution in [3.8, 4) is 0 Å². The van der Waals surface area contributed by atoms with Crippen molar-refractivity contribution >= 4 is 23.3 Å². The van der Waals surface area contributed by atoms with Gasteiger partial charge in [-0.3, -0.25) is 9.69 Å². The second-order valence-electron chi connectivity index (χ2n) is 6.54. The summed E-state index contributed by atoms with van der Waals surface area (Å²) >= 11 is 0. The number of piperazine rings is 1. The summed E-state index contributed by atoms with van der Waals surface area (Å²) in [6.07, 6.45) is 4.15. The molecule has 2 heterocycles.